The number of hydrogen-bond acceptors (Lipinski definition) is 2. The summed E-state index contributed by atoms with van der Waals surface area (Å²) in [4.78, 5) is 16.6. The average Bonchev–Trinajstić information content (AvgIpc) is 2.38. The van der Waals surface area contributed by atoms with Gasteiger partial charge >= 0.3 is 0 Å². The molecule has 1 aromatic heterocycles. The topological polar surface area (TPSA) is 34.4 Å². The number of carbonyl (C=O) groups excluding carboxylic acids is 1. The second-order valence-electron chi connectivity index (χ2n) is 4.55. The summed E-state index contributed by atoms with van der Waals surface area (Å²) < 4.78 is 28.5. The van der Waals surface area contributed by atoms with Crippen molar-refractivity contribution in [3.05, 3.63) is 65.3 Å². The molecule has 20 heavy (non-hydrogen) atoms. The molecule has 0 N–H and O–H groups in total. The predicted octanol–water partition coefficient (Wildman–Crippen LogP) is 2.76. The highest BCUT2D eigenvalue weighted by Gasteiger charge is 2.18. The van der Waals surface area contributed by atoms with Gasteiger partial charge in [0.05, 0.1) is 0 Å². The van der Waals surface area contributed by atoms with Gasteiger partial charge in [-0.2, -0.15) is 0 Å². The summed E-state index contributed by atoms with van der Waals surface area (Å²) in [6, 6.07) is 8.23. The van der Waals surface area contributed by atoms with Crippen LogP contribution < -0.4 is 5.49 Å². The summed E-state index contributed by atoms with van der Waals surface area (Å²) in [5, 5.41) is 0. The zero-order valence-corrected chi connectivity index (χ0v) is 11.2. The number of nitrogens with zero attached hydrogens (tertiary/aromatic N) is 2. The van der Waals surface area contributed by atoms with Crippen molar-refractivity contribution in [1.82, 2.24) is 4.57 Å². The number of pyridine rings is 1. The van der Waals surface area contributed by atoms with Crippen molar-refractivity contribution < 1.29 is 13.6 Å². The average molecular weight is 276 g/mol. The van der Waals surface area contributed by atoms with E-state index in [1.807, 2.05) is 13.8 Å². The smallest absolute Gasteiger partial charge is 0.268 e. The van der Waals surface area contributed by atoms with Gasteiger partial charge in [0.2, 0.25) is 0 Å². The van der Waals surface area contributed by atoms with Crippen LogP contribution in [-0.4, -0.2) is 16.5 Å². The first-order valence-electron chi connectivity index (χ1n) is 6.21. The standard InChI is InChI=1S/C15H14F2N2O/c1-10(2)18-13-8-3-4-9-19(13)15(20)14-11(16)6-5-7-12(14)17/h3-10H,1-2H3. The lowest BCUT2D eigenvalue weighted by Crippen LogP contribution is -2.29. The number of carbonyl (C=O) groups is 1. The molecule has 0 fully saturated rings. The predicted molar refractivity (Wildman–Crippen MR) is 71.2 cm³/mol. The largest absolute Gasteiger partial charge is 0.269 e. The van der Waals surface area contributed by atoms with E-state index in [1.54, 1.807) is 18.2 Å². The van der Waals surface area contributed by atoms with E-state index in [9.17, 15) is 13.6 Å². The number of aromatic nitrogens is 1. The van der Waals surface area contributed by atoms with E-state index in [0.717, 1.165) is 16.7 Å². The molecule has 2 aromatic rings. The molecule has 1 aromatic carbocycles. The number of rotatable bonds is 2. The SMILES string of the molecule is CC(C)N=c1ccccn1C(=O)c1c(F)cccc1F. The molecule has 0 atom stereocenters. The minimum atomic E-state index is -0.887. The van der Waals surface area contributed by atoms with E-state index in [4.69, 9.17) is 0 Å². The Bertz CT molecular complexity index is 685. The summed E-state index contributed by atoms with van der Waals surface area (Å²) in [6.45, 7) is 3.71. The summed E-state index contributed by atoms with van der Waals surface area (Å²) in [5.74, 6) is -2.55. The van der Waals surface area contributed by atoms with Gasteiger partial charge in [0.15, 0.2) is 0 Å². The summed E-state index contributed by atoms with van der Waals surface area (Å²) in [7, 11) is 0. The lowest BCUT2D eigenvalue weighted by Gasteiger charge is -2.08. The van der Waals surface area contributed by atoms with Crippen molar-refractivity contribution in [3.63, 3.8) is 0 Å². The molecule has 0 aliphatic carbocycles. The molecule has 0 amide bonds. The van der Waals surface area contributed by atoms with Crippen LogP contribution in [0, 0.1) is 11.6 Å². The first-order chi connectivity index (χ1) is 9.50. The Kier molecular flexibility index (Phi) is 4.08. The molecule has 2 rings (SSSR count). The van der Waals surface area contributed by atoms with E-state index >= 15 is 0 Å². The first kappa shape index (κ1) is 14.1. The third kappa shape index (κ3) is 2.82. The van der Waals surface area contributed by atoms with Gasteiger partial charge in [0.1, 0.15) is 22.7 Å². The molecule has 0 aliphatic heterocycles. The molecule has 0 bridgehead atoms. The molecule has 0 unspecified atom stereocenters. The maximum atomic E-state index is 13.7. The van der Waals surface area contributed by atoms with E-state index < -0.39 is 23.1 Å². The fourth-order valence-electron chi connectivity index (χ4n) is 1.80. The van der Waals surface area contributed by atoms with Crippen LogP contribution in [0.4, 0.5) is 8.78 Å². The van der Waals surface area contributed by atoms with Crippen LogP contribution in [0.1, 0.15) is 24.2 Å². The highest BCUT2D eigenvalue weighted by molar-refractivity contribution is 5.96. The Balaban J connectivity index is 2.61. The quantitative estimate of drug-likeness (QED) is 0.830. The molecular weight excluding hydrogens is 262 g/mol. The van der Waals surface area contributed by atoms with Crippen molar-refractivity contribution in [2.24, 2.45) is 4.99 Å². The summed E-state index contributed by atoms with van der Waals surface area (Å²) in [6.07, 6.45) is 1.44. The normalized spacial score (nSPS) is 11.9. The Labute approximate surface area is 115 Å². The molecule has 1 heterocycles. The van der Waals surface area contributed by atoms with Crippen molar-refractivity contribution in [3.8, 4) is 0 Å². The molecule has 104 valence electrons. The van der Waals surface area contributed by atoms with Crippen LogP contribution in [-0.2, 0) is 0 Å². The zero-order chi connectivity index (χ0) is 14.7. The van der Waals surface area contributed by atoms with Gasteiger partial charge in [-0.25, -0.2) is 8.78 Å². The van der Waals surface area contributed by atoms with Crippen molar-refractivity contribution in [2.45, 2.75) is 19.9 Å². The molecule has 0 saturated heterocycles. The molecule has 0 aliphatic rings. The number of benzene rings is 1. The molecule has 0 saturated carbocycles. The fraction of sp³-hybridized carbons (Fsp3) is 0.200. The van der Waals surface area contributed by atoms with Gasteiger partial charge in [0, 0.05) is 12.2 Å². The monoisotopic (exact) mass is 276 g/mol. The van der Waals surface area contributed by atoms with E-state index in [2.05, 4.69) is 4.99 Å². The molecule has 3 nitrogen and oxygen atoms in total. The van der Waals surface area contributed by atoms with Gasteiger partial charge in [0.25, 0.3) is 5.91 Å². The van der Waals surface area contributed by atoms with Crippen LogP contribution in [0.5, 0.6) is 0 Å². The Morgan fingerprint density at radius 2 is 1.75 bits per heavy atom. The first-order valence-corrected chi connectivity index (χ1v) is 6.21. The zero-order valence-electron chi connectivity index (χ0n) is 11.2. The van der Waals surface area contributed by atoms with Crippen molar-refractivity contribution in [2.75, 3.05) is 0 Å². The second kappa shape index (κ2) is 5.77. The van der Waals surface area contributed by atoms with Crippen LogP contribution in [0.25, 0.3) is 0 Å². The Hall–Kier alpha value is -2.30. The van der Waals surface area contributed by atoms with E-state index in [-0.39, 0.29) is 6.04 Å². The van der Waals surface area contributed by atoms with Crippen LogP contribution in [0.2, 0.25) is 0 Å². The highest BCUT2D eigenvalue weighted by Crippen LogP contribution is 2.13. The molecule has 5 heteroatoms. The van der Waals surface area contributed by atoms with Crippen molar-refractivity contribution in [1.29, 1.82) is 0 Å². The van der Waals surface area contributed by atoms with Gasteiger partial charge in [-0.1, -0.05) is 12.1 Å². The van der Waals surface area contributed by atoms with Gasteiger partial charge in [-0.15, -0.1) is 0 Å². The van der Waals surface area contributed by atoms with E-state index in [0.29, 0.717) is 5.49 Å². The van der Waals surface area contributed by atoms with Crippen LogP contribution >= 0.6 is 0 Å². The maximum Gasteiger partial charge on any atom is 0.269 e. The van der Waals surface area contributed by atoms with Crippen molar-refractivity contribution >= 4 is 5.91 Å². The molecule has 0 spiro atoms. The minimum Gasteiger partial charge on any atom is -0.268 e. The second-order valence-corrected chi connectivity index (χ2v) is 4.55. The lowest BCUT2D eigenvalue weighted by molar-refractivity contribution is 0.0946. The van der Waals surface area contributed by atoms with Gasteiger partial charge in [-0.3, -0.25) is 14.4 Å². The van der Waals surface area contributed by atoms with Crippen LogP contribution in [0.3, 0.4) is 0 Å². The van der Waals surface area contributed by atoms with Crippen LogP contribution in [0.15, 0.2) is 47.6 Å². The fourth-order valence-corrected chi connectivity index (χ4v) is 1.80. The summed E-state index contributed by atoms with van der Waals surface area (Å²) >= 11 is 0. The molecular formula is C15H14F2N2O. The van der Waals surface area contributed by atoms with Gasteiger partial charge < -0.3 is 0 Å². The number of hydrogen-bond donors (Lipinski definition) is 0. The van der Waals surface area contributed by atoms with Gasteiger partial charge in [-0.05, 0) is 38.1 Å². The number of halogens is 2. The third-order valence-corrected chi connectivity index (χ3v) is 2.62. The van der Waals surface area contributed by atoms with E-state index in [1.165, 1.54) is 12.3 Å². The summed E-state index contributed by atoms with van der Waals surface area (Å²) in [5.41, 5.74) is -0.223. The lowest BCUT2D eigenvalue weighted by atomic mass is 10.2. The minimum absolute atomic E-state index is 0.0399. The maximum absolute atomic E-state index is 13.7. The Morgan fingerprint density at radius 3 is 2.35 bits per heavy atom. The molecule has 0 radical (unpaired) electrons. The highest BCUT2D eigenvalue weighted by atomic mass is 19.1. The Morgan fingerprint density at radius 1 is 1.10 bits per heavy atom. The third-order valence-electron chi connectivity index (χ3n) is 2.62.